The lowest BCUT2D eigenvalue weighted by molar-refractivity contribution is -0.137. The summed E-state index contributed by atoms with van der Waals surface area (Å²) in [5.74, 6) is 5.21. The molecular formula is C16H17F3N2O. The van der Waals surface area contributed by atoms with Gasteiger partial charge in [-0.25, -0.2) is 0 Å². The van der Waals surface area contributed by atoms with Crippen LogP contribution in [0.5, 0.6) is 0 Å². The van der Waals surface area contributed by atoms with Crippen LogP contribution in [0.25, 0.3) is 0 Å². The molecule has 1 fully saturated rings. The summed E-state index contributed by atoms with van der Waals surface area (Å²) in [5, 5.41) is 2.50. The van der Waals surface area contributed by atoms with Gasteiger partial charge in [0.05, 0.1) is 18.7 Å². The van der Waals surface area contributed by atoms with Crippen LogP contribution in [0, 0.1) is 11.8 Å². The van der Waals surface area contributed by atoms with Gasteiger partial charge in [0.2, 0.25) is 0 Å². The Hall–Kier alpha value is -2.00. The minimum atomic E-state index is -4.45. The lowest BCUT2D eigenvalue weighted by atomic mass is 10.1. The summed E-state index contributed by atoms with van der Waals surface area (Å²) in [5.41, 5.74) is -0.851. The highest BCUT2D eigenvalue weighted by Gasteiger charge is 2.30. The number of alkyl halides is 3. The van der Waals surface area contributed by atoms with E-state index in [-0.39, 0.29) is 12.1 Å². The summed E-state index contributed by atoms with van der Waals surface area (Å²) in [6.45, 7) is 2.89. The summed E-state index contributed by atoms with van der Waals surface area (Å²) in [6, 6.07) is 4.35. The Bertz CT molecular complexity index is 581. The van der Waals surface area contributed by atoms with Crippen molar-refractivity contribution in [1.29, 1.82) is 0 Å². The van der Waals surface area contributed by atoms with E-state index in [4.69, 9.17) is 0 Å². The molecule has 1 aliphatic heterocycles. The van der Waals surface area contributed by atoms with E-state index in [1.807, 2.05) is 0 Å². The number of amides is 1. The highest BCUT2D eigenvalue weighted by atomic mass is 19.4. The summed E-state index contributed by atoms with van der Waals surface area (Å²) < 4.78 is 37.7. The molecule has 6 heteroatoms. The number of nitrogens with zero attached hydrogens (tertiary/aromatic N) is 1. The van der Waals surface area contributed by atoms with Crippen molar-refractivity contribution in [3.8, 4) is 11.8 Å². The lowest BCUT2D eigenvalue weighted by Gasteiger charge is -2.09. The van der Waals surface area contributed by atoms with Crippen molar-refractivity contribution in [3.63, 3.8) is 0 Å². The monoisotopic (exact) mass is 310 g/mol. The minimum absolute atomic E-state index is 0.0174. The molecule has 3 nitrogen and oxygen atoms in total. The van der Waals surface area contributed by atoms with Crippen LogP contribution in [-0.4, -0.2) is 37.0 Å². The molecule has 0 unspecified atom stereocenters. The molecule has 22 heavy (non-hydrogen) atoms. The zero-order valence-corrected chi connectivity index (χ0v) is 12.0. The third kappa shape index (κ3) is 4.78. The van der Waals surface area contributed by atoms with Gasteiger partial charge in [-0.05, 0) is 44.1 Å². The maximum Gasteiger partial charge on any atom is 0.416 e. The topological polar surface area (TPSA) is 32.3 Å². The van der Waals surface area contributed by atoms with Crippen LogP contribution in [0.15, 0.2) is 24.3 Å². The van der Waals surface area contributed by atoms with Gasteiger partial charge in [-0.1, -0.05) is 17.9 Å². The largest absolute Gasteiger partial charge is 0.416 e. The van der Waals surface area contributed by atoms with Gasteiger partial charge < -0.3 is 5.32 Å². The lowest BCUT2D eigenvalue weighted by Crippen LogP contribution is -2.24. The van der Waals surface area contributed by atoms with Crippen molar-refractivity contribution in [2.45, 2.75) is 19.0 Å². The Morgan fingerprint density at radius 3 is 2.64 bits per heavy atom. The molecule has 0 saturated carbocycles. The van der Waals surface area contributed by atoms with E-state index < -0.39 is 17.6 Å². The number of carbonyl (C=O) groups excluding carboxylic acids is 1. The Kier molecular flexibility index (Phi) is 5.45. The third-order valence-electron chi connectivity index (χ3n) is 3.42. The van der Waals surface area contributed by atoms with Crippen LogP contribution in [0.3, 0.4) is 0 Å². The SMILES string of the molecule is O=C(NCC#CCN1CCCC1)c1cccc(C(F)(F)F)c1. The van der Waals surface area contributed by atoms with E-state index in [1.54, 1.807) is 0 Å². The first kappa shape index (κ1) is 16.4. The third-order valence-corrected chi connectivity index (χ3v) is 3.42. The molecule has 0 aromatic heterocycles. The van der Waals surface area contributed by atoms with Gasteiger partial charge in [-0.2, -0.15) is 13.2 Å². The first-order chi connectivity index (χ1) is 10.5. The van der Waals surface area contributed by atoms with E-state index >= 15 is 0 Å². The highest BCUT2D eigenvalue weighted by Crippen LogP contribution is 2.29. The average molecular weight is 310 g/mol. The van der Waals surface area contributed by atoms with Gasteiger partial charge >= 0.3 is 6.18 Å². The molecule has 1 aromatic carbocycles. The number of halogens is 3. The van der Waals surface area contributed by atoms with Crippen LogP contribution in [0.4, 0.5) is 13.2 Å². The number of rotatable bonds is 3. The second-order valence-corrected chi connectivity index (χ2v) is 5.10. The van der Waals surface area contributed by atoms with Gasteiger partial charge in [0.25, 0.3) is 5.91 Å². The number of hydrogen-bond donors (Lipinski definition) is 1. The van der Waals surface area contributed by atoms with Crippen molar-refractivity contribution in [1.82, 2.24) is 10.2 Å². The Labute approximate surface area is 127 Å². The Morgan fingerprint density at radius 1 is 1.23 bits per heavy atom. The van der Waals surface area contributed by atoms with Crippen LogP contribution >= 0.6 is 0 Å². The van der Waals surface area contributed by atoms with Crippen LogP contribution in [-0.2, 0) is 6.18 Å². The maximum atomic E-state index is 12.6. The molecule has 1 N–H and O–H groups in total. The highest BCUT2D eigenvalue weighted by molar-refractivity contribution is 5.94. The first-order valence-electron chi connectivity index (χ1n) is 7.10. The molecule has 1 aromatic rings. The van der Waals surface area contributed by atoms with E-state index in [0.29, 0.717) is 6.54 Å². The molecule has 1 amide bonds. The Morgan fingerprint density at radius 2 is 1.95 bits per heavy atom. The van der Waals surface area contributed by atoms with Gasteiger partial charge in [-0.15, -0.1) is 0 Å². The molecule has 1 saturated heterocycles. The predicted molar refractivity (Wildman–Crippen MR) is 77.2 cm³/mol. The fourth-order valence-electron chi connectivity index (χ4n) is 2.23. The van der Waals surface area contributed by atoms with Crippen LogP contribution in [0.2, 0.25) is 0 Å². The quantitative estimate of drug-likeness (QED) is 0.870. The molecule has 1 aliphatic rings. The predicted octanol–water partition coefficient (Wildman–Crippen LogP) is 2.53. The molecule has 0 bridgehead atoms. The summed E-state index contributed by atoms with van der Waals surface area (Å²) in [4.78, 5) is 14.0. The smallest absolute Gasteiger partial charge is 0.341 e. The molecule has 0 radical (unpaired) electrons. The number of hydrogen-bond acceptors (Lipinski definition) is 2. The number of carbonyl (C=O) groups is 1. The fraction of sp³-hybridized carbons (Fsp3) is 0.438. The first-order valence-corrected chi connectivity index (χ1v) is 7.10. The zero-order chi connectivity index (χ0) is 16.0. The van der Waals surface area contributed by atoms with Crippen molar-refractivity contribution in [3.05, 3.63) is 35.4 Å². The van der Waals surface area contributed by atoms with Crippen molar-refractivity contribution in [2.75, 3.05) is 26.2 Å². The fourth-order valence-corrected chi connectivity index (χ4v) is 2.23. The van der Waals surface area contributed by atoms with Crippen molar-refractivity contribution >= 4 is 5.91 Å². The van der Waals surface area contributed by atoms with Crippen LogP contribution in [0.1, 0.15) is 28.8 Å². The summed E-state index contributed by atoms with van der Waals surface area (Å²) in [6.07, 6.45) is -2.08. The van der Waals surface area contributed by atoms with Gasteiger partial charge in [0.1, 0.15) is 0 Å². The molecule has 1 heterocycles. The Balaban J connectivity index is 1.83. The van der Waals surface area contributed by atoms with Crippen molar-refractivity contribution < 1.29 is 18.0 Å². The normalized spacial score (nSPS) is 15.2. The number of nitrogens with one attached hydrogen (secondary N) is 1. The summed E-state index contributed by atoms with van der Waals surface area (Å²) >= 11 is 0. The maximum absolute atomic E-state index is 12.6. The van der Waals surface area contributed by atoms with Gasteiger partial charge in [-0.3, -0.25) is 9.69 Å². The molecular weight excluding hydrogens is 293 g/mol. The van der Waals surface area contributed by atoms with Gasteiger partial charge in [0.15, 0.2) is 0 Å². The van der Waals surface area contributed by atoms with E-state index in [9.17, 15) is 18.0 Å². The van der Waals surface area contributed by atoms with E-state index in [1.165, 1.54) is 25.0 Å². The number of benzene rings is 1. The number of likely N-dealkylation sites (tertiary alicyclic amines) is 1. The minimum Gasteiger partial charge on any atom is -0.341 e. The molecule has 0 aliphatic carbocycles. The van der Waals surface area contributed by atoms with Crippen LogP contribution < -0.4 is 5.32 Å². The van der Waals surface area contributed by atoms with Crippen molar-refractivity contribution in [2.24, 2.45) is 0 Å². The second kappa shape index (κ2) is 7.32. The van der Waals surface area contributed by atoms with E-state index in [0.717, 1.165) is 25.2 Å². The average Bonchev–Trinajstić information content (AvgIpc) is 2.99. The zero-order valence-electron chi connectivity index (χ0n) is 12.0. The molecule has 2 rings (SSSR count). The van der Waals surface area contributed by atoms with E-state index in [2.05, 4.69) is 22.1 Å². The molecule has 118 valence electrons. The molecule has 0 atom stereocenters. The molecule has 0 spiro atoms. The van der Waals surface area contributed by atoms with Gasteiger partial charge in [0, 0.05) is 5.56 Å². The standard InChI is InChI=1S/C16H17F3N2O/c17-16(18,19)14-7-5-6-13(12-14)15(22)20-8-1-2-9-21-10-3-4-11-21/h5-7,12H,3-4,8-11H2,(H,20,22). The summed E-state index contributed by atoms with van der Waals surface area (Å²) in [7, 11) is 0. The second-order valence-electron chi connectivity index (χ2n) is 5.10.